The van der Waals surface area contributed by atoms with Crippen molar-refractivity contribution in [1.82, 2.24) is 5.32 Å². The van der Waals surface area contributed by atoms with Gasteiger partial charge >= 0.3 is 0 Å². The zero-order chi connectivity index (χ0) is 11.9. The molecule has 0 aliphatic heterocycles. The van der Waals surface area contributed by atoms with Gasteiger partial charge in [0.15, 0.2) is 0 Å². The van der Waals surface area contributed by atoms with Gasteiger partial charge in [0.25, 0.3) is 0 Å². The summed E-state index contributed by atoms with van der Waals surface area (Å²) in [5, 5.41) is 3.57. The van der Waals surface area contributed by atoms with Crippen molar-refractivity contribution in [3.8, 4) is 0 Å². The molecule has 0 spiro atoms. The van der Waals surface area contributed by atoms with Crippen LogP contribution in [0.1, 0.15) is 53.9 Å². The molecule has 2 nitrogen and oxygen atoms in total. The Labute approximate surface area is 95.8 Å². The molecule has 0 saturated carbocycles. The molecule has 0 heterocycles. The van der Waals surface area contributed by atoms with E-state index in [0.29, 0.717) is 6.04 Å². The molecule has 15 heavy (non-hydrogen) atoms. The number of hydrogen-bond donors (Lipinski definition) is 1. The summed E-state index contributed by atoms with van der Waals surface area (Å²) in [5.41, 5.74) is 0.0150. The van der Waals surface area contributed by atoms with Gasteiger partial charge in [0, 0.05) is 13.2 Å². The molecule has 0 fully saturated rings. The van der Waals surface area contributed by atoms with Gasteiger partial charge in [0.05, 0.1) is 5.60 Å². The zero-order valence-electron chi connectivity index (χ0n) is 11.4. The largest absolute Gasteiger partial charge is 0.379 e. The summed E-state index contributed by atoms with van der Waals surface area (Å²) < 4.78 is 5.45. The average molecular weight is 215 g/mol. The highest BCUT2D eigenvalue weighted by molar-refractivity contribution is 4.77. The van der Waals surface area contributed by atoms with Crippen molar-refractivity contribution in [3.05, 3.63) is 0 Å². The monoisotopic (exact) mass is 215 g/mol. The van der Waals surface area contributed by atoms with Gasteiger partial charge in [-0.1, -0.05) is 27.2 Å². The van der Waals surface area contributed by atoms with Gasteiger partial charge in [0.1, 0.15) is 0 Å². The fourth-order valence-corrected chi connectivity index (χ4v) is 1.74. The van der Waals surface area contributed by atoms with Crippen LogP contribution >= 0.6 is 0 Å². The summed E-state index contributed by atoms with van der Waals surface area (Å²) in [7, 11) is 1.80. The molecule has 0 rings (SSSR count). The van der Waals surface area contributed by atoms with Crippen molar-refractivity contribution in [1.29, 1.82) is 0 Å². The molecular weight excluding hydrogens is 186 g/mol. The molecular formula is C13H29NO. The Morgan fingerprint density at radius 2 is 1.87 bits per heavy atom. The van der Waals surface area contributed by atoms with E-state index in [9.17, 15) is 0 Å². The minimum absolute atomic E-state index is 0.0150. The van der Waals surface area contributed by atoms with Crippen LogP contribution in [0.15, 0.2) is 0 Å². The van der Waals surface area contributed by atoms with E-state index in [0.717, 1.165) is 18.9 Å². The van der Waals surface area contributed by atoms with Crippen LogP contribution in [0, 0.1) is 5.92 Å². The molecule has 1 N–H and O–H groups in total. The summed E-state index contributed by atoms with van der Waals surface area (Å²) in [6, 6.07) is 0.634. The Hall–Kier alpha value is -0.0800. The van der Waals surface area contributed by atoms with Crippen LogP contribution in [0.3, 0.4) is 0 Å². The van der Waals surface area contributed by atoms with E-state index in [2.05, 4.69) is 39.9 Å². The lowest BCUT2D eigenvalue weighted by Crippen LogP contribution is -2.37. The minimum atomic E-state index is 0.0150. The second kappa shape index (κ2) is 7.24. The van der Waals surface area contributed by atoms with Crippen LogP contribution in [0.25, 0.3) is 0 Å². The van der Waals surface area contributed by atoms with Crippen molar-refractivity contribution >= 4 is 0 Å². The summed E-state index contributed by atoms with van der Waals surface area (Å²) in [6.45, 7) is 12.1. The van der Waals surface area contributed by atoms with Gasteiger partial charge in [0.2, 0.25) is 0 Å². The second-order valence-electron chi connectivity index (χ2n) is 5.05. The van der Waals surface area contributed by atoms with Crippen molar-refractivity contribution in [2.24, 2.45) is 5.92 Å². The van der Waals surface area contributed by atoms with Crippen LogP contribution in [-0.4, -0.2) is 25.3 Å². The Morgan fingerprint density at radius 1 is 1.27 bits per heavy atom. The summed E-state index contributed by atoms with van der Waals surface area (Å²) in [5.74, 6) is 0.748. The number of hydrogen-bond acceptors (Lipinski definition) is 2. The molecule has 0 aliphatic rings. The third kappa shape index (κ3) is 6.16. The van der Waals surface area contributed by atoms with Crippen molar-refractivity contribution < 1.29 is 4.74 Å². The van der Waals surface area contributed by atoms with Crippen LogP contribution in [0.2, 0.25) is 0 Å². The standard InChI is InChI=1S/C13H29NO/c1-7-11(3)12(14-8-2)9-10-13(4,5)15-6/h11-12,14H,7-10H2,1-6H3. The molecule has 0 bridgehead atoms. The number of ether oxygens (including phenoxy) is 1. The van der Waals surface area contributed by atoms with Gasteiger partial charge in [-0.25, -0.2) is 0 Å². The van der Waals surface area contributed by atoms with E-state index in [1.165, 1.54) is 12.8 Å². The predicted octanol–water partition coefficient (Wildman–Crippen LogP) is 3.22. The molecule has 0 aliphatic carbocycles. The second-order valence-corrected chi connectivity index (χ2v) is 5.05. The van der Waals surface area contributed by atoms with E-state index < -0.39 is 0 Å². The third-order valence-electron chi connectivity index (χ3n) is 3.41. The van der Waals surface area contributed by atoms with Crippen LogP contribution in [0.5, 0.6) is 0 Å². The first kappa shape index (κ1) is 14.9. The Balaban J connectivity index is 4.06. The predicted molar refractivity (Wildman–Crippen MR) is 67.2 cm³/mol. The van der Waals surface area contributed by atoms with Crippen LogP contribution in [0.4, 0.5) is 0 Å². The van der Waals surface area contributed by atoms with Gasteiger partial charge in [-0.3, -0.25) is 0 Å². The number of rotatable bonds is 8. The molecule has 2 heteroatoms. The fraction of sp³-hybridized carbons (Fsp3) is 1.00. The van der Waals surface area contributed by atoms with E-state index in [1.807, 2.05) is 0 Å². The van der Waals surface area contributed by atoms with Crippen LogP contribution < -0.4 is 5.32 Å². The molecule has 0 radical (unpaired) electrons. The highest BCUT2D eigenvalue weighted by Gasteiger charge is 2.21. The average Bonchev–Trinajstić information content (AvgIpc) is 2.23. The van der Waals surface area contributed by atoms with E-state index in [1.54, 1.807) is 7.11 Å². The fourth-order valence-electron chi connectivity index (χ4n) is 1.74. The highest BCUT2D eigenvalue weighted by atomic mass is 16.5. The Morgan fingerprint density at radius 3 is 2.27 bits per heavy atom. The Kier molecular flexibility index (Phi) is 7.20. The van der Waals surface area contributed by atoms with Gasteiger partial charge in [-0.05, 0) is 39.2 Å². The Bertz CT molecular complexity index is 157. The minimum Gasteiger partial charge on any atom is -0.379 e. The number of methoxy groups -OCH3 is 1. The van der Waals surface area contributed by atoms with Crippen molar-refractivity contribution in [2.45, 2.75) is 65.5 Å². The first-order chi connectivity index (χ1) is 6.96. The summed E-state index contributed by atoms with van der Waals surface area (Å²) in [4.78, 5) is 0. The summed E-state index contributed by atoms with van der Waals surface area (Å²) in [6.07, 6.45) is 3.56. The first-order valence-corrected chi connectivity index (χ1v) is 6.25. The third-order valence-corrected chi connectivity index (χ3v) is 3.41. The molecule has 0 aromatic heterocycles. The van der Waals surface area contributed by atoms with Crippen molar-refractivity contribution in [2.75, 3.05) is 13.7 Å². The molecule has 0 aromatic rings. The maximum atomic E-state index is 5.45. The quantitative estimate of drug-likeness (QED) is 0.671. The van der Waals surface area contributed by atoms with Crippen molar-refractivity contribution in [3.63, 3.8) is 0 Å². The zero-order valence-corrected chi connectivity index (χ0v) is 11.4. The smallest absolute Gasteiger partial charge is 0.0623 e. The van der Waals surface area contributed by atoms with Gasteiger partial charge in [-0.15, -0.1) is 0 Å². The SMILES string of the molecule is CCNC(CCC(C)(C)OC)C(C)CC. The van der Waals surface area contributed by atoms with E-state index in [-0.39, 0.29) is 5.60 Å². The molecule has 92 valence electrons. The molecule has 2 atom stereocenters. The van der Waals surface area contributed by atoms with Crippen LogP contribution in [-0.2, 0) is 4.74 Å². The van der Waals surface area contributed by atoms with E-state index >= 15 is 0 Å². The van der Waals surface area contributed by atoms with Gasteiger partial charge in [-0.2, -0.15) is 0 Å². The maximum absolute atomic E-state index is 5.45. The first-order valence-electron chi connectivity index (χ1n) is 6.25. The lowest BCUT2D eigenvalue weighted by molar-refractivity contribution is 0.0104. The maximum Gasteiger partial charge on any atom is 0.0623 e. The van der Waals surface area contributed by atoms with Gasteiger partial charge < -0.3 is 10.1 Å². The topological polar surface area (TPSA) is 21.3 Å². The molecule has 0 aromatic carbocycles. The molecule has 2 unspecified atom stereocenters. The molecule has 0 saturated heterocycles. The normalized spacial score (nSPS) is 16.4. The lowest BCUT2D eigenvalue weighted by Gasteiger charge is -2.29. The highest BCUT2D eigenvalue weighted by Crippen LogP contribution is 2.20. The molecule has 0 amide bonds. The number of nitrogens with one attached hydrogen (secondary N) is 1. The van der Waals surface area contributed by atoms with E-state index in [4.69, 9.17) is 4.74 Å². The lowest BCUT2D eigenvalue weighted by atomic mass is 9.90. The summed E-state index contributed by atoms with van der Waals surface area (Å²) >= 11 is 0.